The third-order valence-corrected chi connectivity index (χ3v) is 7.91. The maximum atomic E-state index is 13.7. The molecule has 4 heteroatoms. The van der Waals surface area contributed by atoms with E-state index in [9.17, 15) is 9.59 Å². The Morgan fingerprint density at radius 2 is 0.853 bits per heavy atom. The minimum atomic E-state index is -0.525. The van der Waals surface area contributed by atoms with Gasteiger partial charge in [-0.05, 0) is 32.7 Å². The van der Waals surface area contributed by atoms with Gasteiger partial charge in [0.05, 0.1) is 35.1 Å². The summed E-state index contributed by atoms with van der Waals surface area (Å²) in [6.07, 6.45) is 3.86. The summed E-state index contributed by atoms with van der Waals surface area (Å²) in [5.41, 5.74) is 6.97. The standard InChI is InChI=1S/C30H18N2O2/c33-29-21-13-15-7-1-2-8-16(15)14-22(21)30(34)28-27(29)31-25-23-17-9-3-5-11-19(17)24(26(25)32-28)20-12-6-4-10-18(20)23/h1-14,21-24H. The van der Waals surface area contributed by atoms with Crippen LogP contribution in [-0.4, -0.2) is 21.5 Å². The number of rotatable bonds is 0. The van der Waals surface area contributed by atoms with Crippen LogP contribution in [0.2, 0.25) is 0 Å². The molecule has 5 aliphatic carbocycles. The molecule has 2 atom stereocenters. The normalized spacial score (nSPS) is 24.5. The predicted molar refractivity (Wildman–Crippen MR) is 127 cm³/mol. The third kappa shape index (κ3) is 2.13. The Balaban J connectivity index is 1.38. The summed E-state index contributed by atoms with van der Waals surface area (Å²) in [5, 5.41) is 1.97. The zero-order chi connectivity index (χ0) is 22.6. The summed E-state index contributed by atoms with van der Waals surface area (Å²) in [4.78, 5) is 37.3. The molecule has 2 bridgehead atoms. The number of hydrogen-bond donors (Lipinski definition) is 0. The van der Waals surface area contributed by atoms with Gasteiger partial charge in [-0.1, -0.05) is 84.9 Å². The van der Waals surface area contributed by atoms with Gasteiger partial charge in [0.15, 0.2) is 11.6 Å². The Bertz CT molecular complexity index is 1560. The zero-order valence-corrected chi connectivity index (χ0v) is 18.1. The average Bonchev–Trinajstić information content (AvgIpc) is 2.89. The van der Waals surface area contributed by atoms with Crippen molar-refractivity contribution in [2.24, 2.45) is 11.8 Å². The fourth-order valence-electron chi connectivity index (χ4n) is 6.43. The van der Waals surface area contributed by atoms with Crippen LogP contribution in [0.25, 0.3) is 12.2 Å². The van der Waals surface area contributed by atoms with Crippen molar-refractivity contribution in [3.63, 3.8) is 0 Å². The van der Waals surface area contributed by atoms with Gasteiger partial charge in [-0.3, -0.25) is 9.59 Å². The lowest BCUT2D eigenvalue weighted by Crippen LogP contribution is -2.44. The van der Waals surface area contributed by atoms with Gasteiger partial charge >= 0.3 is 0 Å². The van der Waals surface area contributed by atoms with Gasteiger partial charge in [-0.2, -0.15) is 0 Å². The molecular formula is C30H18N2O2. The molecule has 2 unspecified atom stereocenters. The lowest BCUT2D eigenvalue weighted by Gasteiger charge is -2.41. The van der Waals surface area contributed by atoms with Gasteiger partial charge in [-0.15, -0.1) is 0 Å². The van der Waals surface area contributed by atoms with Gasteiger partial charge < -0.3 is 0 Å². The van der Waals surface area contributed by atoms with Gasteiger partial charge in [0.25, 0.3) is 0 Å². The monoisotopic (exact) mass is 438 g/mol. The quantitative estimate of drug-likeness (QED) is 0.365. The van der Waals surface area contributed by atoms with E-state index in [-0.39, 0.29) is 34.8 Å². The first-order valence-corrected chi connectivity index (χ1v) is 11.7. The SMILES string of the molecule is O=C1c2nc3c(nc2C(=O)C2C=c4ccccc4=CC12)C1c2ccccc2C3c2ccccc21. The molecule has 5 aliphatic rings. The summed E-state index contributed by atoms with van der Waals surface area (Å²) in [6.45, 7) is 0. The maximum absolute atomic E-state index is 13.7. The summed E-state index contributed by atoms with van der Waals surface area (Å²) in [7, 11) is 0. The molecule has 0 spiro atoms. The van der Waals surface area contributed by atoms with E-state index >= 15 is 0 Å². The van der Waals surface area contributed by atoms with Crippen molar-refractivity contribution in [2.75, 3.05) is 0 Å². The first-order chi connectivity index (χ1) is 16.7. The largest absolute Gasteiger partial charge is 0.292 e. The fourth-order valence-corrected chi connectivity index (χ4v) is 6.43. The van der Waals surface area contributed by atoms with Crippen LogP contribution in [0.4, 0.5) is 0 Å². The predicted octanol–water partition coefficient (Wildman–Crippen LogP) is 3.35. The number of fused-ring (bicyclic) bond motifs is 3. The smallest absolute Gasteiger partial charge is 0.191 e. The van der Waals surface area contributed by atoms with Crippen LogP contribution in [0.1, 0.15) is 66.5 Å². The molecule has 0 saturated carbocycles. The van der Waals surface area contributed by atoms with E-state index in [4.69, 9.17) is 9.97 Å². The summed E-state index contributed by atoms with van der Waals surface area (Å²) >= 11 is 0. The summed E-state index contributed by atoms with van der Waals surface area (Å²) in [5.74, 6) is -1.42. The van der Waals surface area contributed by atoms with E-state index in [1.54, 1.807) is 0 Å². The van der Waals surface area contributed by atoms with E-state index in [2.05, 4.69) is 48.5 Å². The van der Waals surface area contributed by atoms with Crippen LogP contribution in [0, 0.1) is 11.8 Å². The molecule has 0 N–H and O–H groups in total. The number of carbonyl (C=O) groups excluding carboxylic acids is 2. The van der Waals surface area contributed by atoms with E-state index in [0.29, 0.717) is 0 Å². The molecule has 1 heterocycles. The van der Waals surface area contributed by atoms with Crippen LogP contribution in [-0.2, 0) is 0 Å². The number of carbonyl (C=O) groups is 2. The van der Waals surface area contributed by atoms with E-state index in [1.807, 2.05) is 36.4 Å². The number of hydrogen-bond acceptors (Lipinski definition) is 4. The molecule has 9 rings (SSSR count). The number of benzene rings is 3. The van der Waals surface area contributed by atoms with Crippen LogP contribution < -0.4 is 10.4 Å². The maximum Gasteiger partial charge on any atom is 0.191 e. The van der Waals surface area contributed by atoms with Crippen molar-refractivity contribution in [3.05, 3.63) is 128 Å². The Kier molecular flexibility index (Phi) is 3.35. The highest BCUT2D eigenvalue weighted by atomic mass is 16.1. The van der Waals surface area contributed by atoms with Crippen LogP contribution in [0.5, 0.6) is 0 Å². The van der Waals surface area contributed by atoms with Crippen molar-refractivity contribution in [1.29, 1.82) is 0 Å². The average molecular weight is 438 g/mol. The van der Waals surface area contributed by atoms with Gasteiger partial charge in [-0.25, -0.2) is 9.97 Å². The highest BCUT2D eigenvalue weighted by Crippen LogP contribution is 2.54. The Hall–Kier alpha value is -4.18. The highest BCUT2D eigenvalue weighted by Gasteiger charge is 2.47. The number of ketones is 2. The molecule has 0 saturated heterocycles. The molecule has 0 aliphatic heterocycles. The lowest BCUT2D eigenvalue weighted by molar-refractivity contribution is 0.0810. The van der Waals surface area contributed by atoms with Crippen LogP contribution >= 0.6 is 0 Å². The van der Waals surface area contributed by atoms with Gasteiger partial charge in [0.2, 0.25) is 0 Å². The summed E-state index contributed by atoms with van der Waals surface area (Å²) < 4.78 is 0. The van der Waals surface area contributed by atoms with E-state index in [1.165, 1.54) is 22.3 Å². The zero-order valence-electron chi connectivity index (χ0n) is 18.1. The first-order valence-electron chi connectivity index (χ1n) is 11.7. The molecule has 4 aromatic rings. The lowest BCUT2D eigenvalue weighted by atomic mass is 9.64. The van der Waals surface area contributed by atoms with E-state index in [0.717, 1.165) is 21.8 Å². The minimum absolute atomic E-state index is 0.0755. The van der Waals surface area contributed by atoms with Crippen LogP contribution in [0.15, 0.2) is 72.8 Å². The second kappa shape index (κ2) is 6.23. The number of aromatic nitrogens is 2. The van der Waals surface area contributed by atoms with Crippen molar-refractivity contribution in [2.45, 2.75) is 11.8 Å². The second-order valence-electron chi connectivity index (χ2n) is 9.56. The topological polar surface area (TPSA) is 59.9 Å². The minimum Gasteiger partial charge on any atom is -0.292 e. The first kappa shape index (κ1) is 18.3. The molecular weight excluding hydrogens is 420 g/mol. The molecule has 0 radical (unpaired) electrons. The van der Waals surface area contributed by atoms with Gasteiger partial charge in [0, 0.05) is 0 Å². The van der Waals surface area contributed by atoms with Gasteiger partial charge in [0.1, 0.15) is 11.4 Å². The van der Waals surface area contributed by atoms with E-state index < -0.39 is 11.8 Å². The second-order valence-corrected chi connectivity index (χ2v) is 9.56. The molecule has 3 aromatic carbocycles. The molecule has 0 amide bonds. The van der Waals surface area contributed by atoms with Crippen molar-refractivity contribution >= 4 is 23.7 Å². The fraction of sp³-hybridized carbons (Fsp3) is 0.133. The number of Topliss-reactive ketones (excluding diaryl/α,β-unsaturated/α-hetero) is 2. The molecule has 1 aromatic heterocycles. The number of nitrogens with zero attached hydrogens (tertiary/aromatic N) is 2. The molecule has 34 heavy (non-hydrogen) atoms. The third-order valence-electron chi connectivity index (χ3n) is 7.91. The Labute approximate surface area is 195 Å². The molecule has 160 valence electrons. The van der Waals surface area contributed by atoms with Crippen LogP contribution in [0.3, 0.4) is 0 Å². The Morgan fingerprint density at radius 1 is 0.500 bits per heavy atom. The molecule has 0 fully saturated rings. The van der Waals surface area contributed by atoms with Crippen molar-refractivity contribution in [3.8, 4) is 0 Å². The molecule has 4 nitrogen and oxygen atoms in total. The van der Waals surface area contributed by atoms with Crippen molar-refractivity contribution < 1.29 is 9.59 Å². The Morgan fingerprint density at radius 3 is 1.24 bits per heavy atom. The summed E-state index contributed by atoms with van der Waals surface area (Å²) in [6, 6.07) is 24.7. The highest BCUT2D eigenvalue weighted by molar-refractivity contribution is 6.18. The van der Waals surface area contributed by atoms with Crippen molar-refractivity contribution in [1.82, 2.24) is 9.97 Å².